The third-order valence-corrected chi connectivity index (χ3v) is 3.08. The summed E-state index contributed by atoms with van der Waals surface area (Å²) in [5.74, 6) is 0. The van der Waals surface area contributed by atoms with Crippen LogP contribution in [0.15, 0.2) is 0 Å². The van der Waals surface area contributed by atoms with E-state index in [1.54, 1.807) is 0 Å². The zero-order valence-corrected chi connectivity index (χ0v) is 11.5. The fourth-order valence-corrected chi connectivity index (χ4v) is 2.37. The number of nitrogens with one attached hydrogen (secondary N) is 2. The lowest BCUT2D eigenvalue weighted by atomic mass is 9.88. The van der Waals surface area contributed by atoms with Crippen LogP contribution in [0.25, 0.3) is 0 Å². The van der Waals surface area contributed by atoms with Gasteiger partial charge in [-0.15, -0.1) is 0 Å². The van der Waals surface area contributed by atoms with Crippen molar-refractivity contribution < 1.29 is 8.42 Å². The fraction of sp³-hybridized carbons (Fsp3) is 1.00. The van der Waals surface area contributed by atoms with E-state index in [1.807, 2.05) is 6.92 Å². The van der Waals surface area contributed by atoms with Crippen molar-refractivity contribution in [1.29, 1.82) is 0 Å². The molecule has 0 aromatic rings. The fourth-order valence-electron chi connectivity index (χ4n) is 1.36. The Balaban J connectivity index is 3.95. The van der Waals surface area contributed by atoms with Gasteiger partial charge in [0.25, 0.3) is 10.2 Å². The summed E-state index contributed by atoms with van der Waals surface area (Å²) in [5.41, 5.74) is 5.95. The van der Waals surface area contributed by atoms with E-state index in [1.165, 1.54) is 0 Å². The molecule has 6 heteroatoms. The standard InChI is InChI=1S/C10H25N3O2S/c1-5-6-12-16(14,15)13-8-9(11)7-10(2,3)4/h9,12-13H,5-8,11H2,1-4H3. The summed E-state index contributed by atoms with van der Waals surface area (Å²) in [5, 5.41) is 0. The number of nitrogens with two attached hydrogens (primary N) is 1. The van der Waals surface area contributed by atoms with Gasteiger partial charge in [-0.05, 0) is 18.3 Å². The Kier molecular flexibility index (Phi) is 6.47. The van der Waals surface area contributed by atoms with Crippen LogP contribution in [0.2, 0.25) is 0 Å². The maximum Gasteiger partial charge on any atom is 0.276 e. The van der Waals surface area contributed by atoms with Gasteiger partial charge in [0.05, 0.1) is 0 Å². The van der Waals surface area contributed by atoms with Crippen LogP contribution in [0.5, 0.6) is 0 Å². The average molecular weight is 251 g/mol. The Morgan fingerprint density at radius 1 is 1.25 bits per heavy atom. The van der Waals surface area contributed by atoms with Crippen molar-refractivity contribution in [2.45, 2.75) is 46.6 Å². The van der Waals surface area contributed by atoms with Crippen molar-refractivity contribution in [3.05, 3.63) is 0 Å². The zero-order valence-electron chi connectivity index (χ0n) is 10.7. The van der Waals surface area contributed by atoms with Gasteiger partial charge >= 0.3 is 0 Å². The molecule has 0 saturated carbocycles. The lowest BCUT2D eigenvalue weighted by Gasteiger charge is -2.23. The normalized spacial score (nSPS) is 15.1. The molecule has 0 aromatic carbocycles. The molecule has 0 aromatic heterocycles. The Morgan fingerprint density at radius 2 is 1.81 bits per heavy atom. The highest BCUT2D eigenvalue weighted by molar-refractivity contribution is 7.87. The molecule has 0 saturated heterocycles. The molecule has 0 bridgehead atoms. The maximum absolute atomic E-state index is 11.4. The molecule has 0 aliphatic carbocycles. The summed E-state index contributed by atoms with van der Waals surface area (Å²) < 4.78 is 27.6. The molecule has 0 amide bonds. The molecular formula is C10H25N3O2S. The van der Waals surface area contributed by atoms with E-state index in [-0.39, 0.29) is 18.0 Å². The summed E-state index contributed by atoms with van der Waals surface area (Å²) in [4.78, 5) is 0. The topological polar surface area (TPSA) is 84.2 Å². The average Bonchev–Trinajstić information content (AvgIpc) is 2.09. The van der Waals surface area contributed by atoms with Gasteiger partial charge in [0.1, 0.15) is 0 Å². The minimum absolute atomic E-state index is 0.113. The Morgan fingerprint density at radius 3 is 2.25 bits per heavy atom. The quantitative estimate of drug-likeness (QED) is 0.619. The van der Waals surface area contributed by atoms with Crippen LogP contribution in [-0.4, -0.2) is 27.5 Å². The summed E-state index contributed by atoms with van der Waals surface area (Å²) in [6, 6.07) is -0.154. The van der Waals surface area contributed by atoms with E-state index >= 15 is 0 Å². The largest absolute Gasteiger partial charge is 0.326 e. The molecule has 0 aliphatic rings. The molecule has 5 nitrogen and oxygen atoms in total. The highest BCUT2D eigenvalue weighted by atomic mass is 32.2. The molecule has 1 unspecified atom stereocenters. The van der Waals surface area contributed by atoms with E-state index in [2.05, 4.69) is 30.2 Å². The second-order valence-corrected chi connectivity index (χ2v) is 6.86. The van der Waals surface area contributed by atoms with Crippen LogP contribution in [0.4, 0.5) is 0 Å². The number of hydrogen-bond donors (Lipinski definition) is 3. The lowest BCUT2D eigenvalue weighted by Crippen LogP contribution is -2.44. The molecular weight excluding hydrogens is 226 g/mol. The smallest absolute Gasteiger partial charge is 0.276 e. The van der Waals surface area contributed by atoms with Gasteiger partial charge in [0.15, 0.2) is 0 Å². The van der Waals surface area contributed by atoms with Crippen molar-refractivity contribution in [3.8, 4) is 0 Å². The summed E-state index contributed by atoms with van der Waals surface area (Å²) in [6.45, 7) is 8.87. The molecule has 0 spiro atoms. The molecule has 0 heterocycles. The maximum atomic E-state index is 11.4. The third kappa shape index (κ3) is 9.08. The van der Waals surface area contributed by atoms with Crippen LogP contribution in [-0.2, 0) is 10.2 Å². The van der Waals surface area contributed by atoms with Gasteiger partial charge in [-0.2, -0.15) is 8.42 Å². The molecule has 0 rings (SSSR count). The molecule has 0 fully saturated rings. The first-order valence-corrected chi connectivity index (χ1v) is 7.14. The number of hydrogen-bond acceptors (Lipinski definition) is 3. The Hall–Kier alpha value is -0.170. The van der Waals surface area contributed by atoms with Crippen LogP contribution < -0.4 is 15.2 Å². The molecule has 16 heavy (non-hydrogen) atoms. The van der Waals surface area contributed by atoms with E-state index in [9.17, 15) is 8.42 Å². The van der Waals surface area contributed by atoms with Crippen molar-refractivity contribution in [3.63, 3.8) is 0 Å². The molecule has 4 N–H and O–H groups in total. The highest BCUT2D eigenvalue weighted by Gasteiger charge is 2.17. The number of rotatable bonds is 7. The van der Waals surface area contributed by atoms with Crippen LogP contribution >= 0.6 is 0 Å². The van der Waals surface area contributed by atoms with Crippen molar-refractivity contribution >= 4 is 10.2 Å². The molecule has 98 valence electrons. The van der Waals surface area contributed by atoms with Gasteiger partial charge < -0.3 is 5.73 Å². The first-order valence-electron chi connectivity index (χ1n) is 5.66. The molecule has 0 radical (unpaired) electrons. The zero-order chi connectivity index (χ0) is 12.8. The van der Waals surface area contributed by atoms with Gasteiger partial charge in [-0.3, -0.25) is 0 Å². The second kappa shape index (κ2) is 6.54. The minimum atomic E-state index is -3.37. The Bertz CT molecular complexity index is 283. The molecule has 1 atom stereocenters. The third-order valence-electron chi connectivity index (χ3n) is 1.95. The first kappa shape index (κ1) is 15.8. The lowest BCUT2D eigenvalue weighted by molar-refractivity contribution is 0.338. The van der Waals surface area contributed by atoms with E-state index in [0.29, 0.717) is 6.54 Å². The summed E-state index contributed by atoms with van der Waals surface area (Å²) in [7, 11) is -3.37. The van der Waals surface area contributed by atoms with Gasteiger partial charge in [-0.25, -0.2) is 9.44 Å². The van der Waals surface area contributed by atoms with E-state index in [4.69, 9.17) is 5.73 Å². The van der Waals surface area contributed by atoms with Crippen molar-refractivity contribution in [1.82, 2.24) is 9.44 Å². The monoisotopic (exact) mass is 251 g/mol. The Labute approximate surface area is 99.4 Å². The van der Waals surface area contributed by atoms with Crippen molar-refractivity contribution in [2.24, 2.45) is 11.1 Å². The van der Waals surface area contributed by atoms with Crippen LogP contribution in [0.1, 0.15) is 40.5 Å². The molecule has 0 aliphatic heterocycles. The van der Waals surface area contributed by atoms with Gasteiger partial charge in [-0.1, -0.05) is 27.7 Å². The SMILES string of the molecule is CCCNS(=O)(=O)NCC(N)CC(C)(C)C. The second-order valence-electron chi connectivity index (χ2n) is 5.27. The predicted octanol–water partition coefficient (Wildman–Crippen LogP) is 0.584. The van der Waals surface area contributed by atoms with Gasteiger partial charge in [0, 0.05) is 19.1 Å². The summed E-state index contributed by atoms with van der Waals surface area (Å²) >= 11 is 0. The van der Waals surface area contributed by atoms with Crippen molar-refractivity contribution in [2.75, 3.05) is 13.1 Å². The van der Waals surface area contributed by atoms with E-state index in [0.717, 1.165) is 12.8 Å². The van der Waals surface area contributed by atoms with Gasteiger partial charge in [0.2, 0.25) is 0 Å². The predicted molar refractivity (Wildman–Crippen MR) is 67.3 cm³/mol. The van der Waals surface area contributed by atoms with Crippen LogP contribution in [0, 0.1) is 5.41 Å². The highest BCUT2D eigenvalue weighted by Crippen LogP contribution is 2.19. The minimum Gasteiger partial charge on any atom is -0.326 e. The van der Waals surface area contributed by atoms with Crippen LogP contribution in [0.3, 0.4) is 0 Å². The van der Waals surface area contributed by atoms with E-state index < -0.39 is 10.2 Å². The first-order chi connectivity index (χ1) is 7.16. The summed E-state index contributed by atoms with van der Waals surface area (Å²) in [6.07, 6.45) is 1.55.